The Labute approximate surface area is 153 Å². The summed E-state index contributed by atoms with van der Waals surface area (Å²) in [6, 6.07) is 14.9. The molecule has 0 radical (unpaired) electrons. The van der Waals surface area contributed by atoms with Gasteiger partial charge in [-0.2, -0.15) is 0 Å². The molecule has 2 aromatic rings. The van der Waals surface area contributed by atoms with Gasteiger partial charge >= 0.3 is 0 Å². The van der Waals surface area contributed by atoms with Gasteiger partial charge in [-0.1, -0.05) is 35.9 Å². The molecule has 2 aromatic carbocycles. The van der Waals surface area contributed by atoms with E-state index in [4.69, 9.17) is 4.74 Å². The van der Waals surface area contributed by atoms with Gasteiger partial charge in [0.15, 0.2) is 0 Å². The first-order valence-electron chi connectivity index (χ1n) is 8.65. The molecule has 1 aliphatic rings. The van der Waals surface area contributed by atoms with E-state index in [1.54, 1.807) is 35.2 Å². The van der Waals surface area contributed by atoms with Crippen LogP contribution < -0.4 is 5.32 Å². The molecular formula is C21H22N2O3. The van der Waals surface area contributed by atoms with Gasteiger partial charge in [0, 0.05) is 30.4 Å². The van der Waals surface area contributed by atoms with Crippen molar-refractivity contribution >= 4 is 23.6 Å². The molecule has 1 aliphatic heterocycles. The number of carbonyl (C=O) groups excluding carboxylic acids is 2. The van der Waals surface area contributed by atoms with Gasteiger partial charge in [-0.15, -0.1) is 0 Å². The number of anilines is 1. The molecule has 0 atom stereocenters. The number of rotatable bonds is 4. The number of morpholine rings is 1. The van der Waals surface area contributed by atoms with E-state index < -0.39 is 0 Å². The number of amides is 2. The molecule has 134 valence electrons. The van der Waals surface area contributed by atoms with Crippen LogP contribution in [-0.4, -0.2) is 43.0 Å². The van der Waals surface area contributed by atoms with Crippen LogP contribution in [0.25, 0.3) is 6.08 Å². The fourth-order valence-electron chi connectivity index (χ4n) is 2.71. The smallest absolute Gasteiger partial charge is 0.254 e. The molecule has 0 saturated carbocycles. The van der Waals surface area contributed by atoms with Crippen molar-refractivity contribution in [3.63, 3.8) is 0 Å². The lowest BCUT2D eigenvalue weighted by Gasteiger charge is -2.27. The van der Waals surface area contributed by atoms with Crippen LogP contribution in [0.15, 0.2) is 54.6 Å². The molecule has 5 nitrogen and oxygen atoms in total. The first kappa shape index (κ1) is 17.9. The number of hydrogen-bond donors (Lipinski definition) is 1. The Balaban J connectivity index is 1.63. The topological polar surface area (TPSA) is 58.6 Å². The van der Waals surface area contributed by atoms with Crippen molar-refractivity contribution in [2.24, 2.45) is 0 Å². The Morgan fingerprint density at radius 2 is 1.81 bits per heavy atom. The predicted octanol–water partition coefficient (Wildman–Crippen LogP) is 3.12. The van der Waals surface area contributed by atoms with Crippen molar-refractivity contribution < 1.29 is 14.3 Å². The fourth-order valence-corrected chi connectivity index (χ4v) is 2.71. The summed E-state index contributed by atoms with van der Waals surface area (Å²) in [6.07, 6.45) is 3.25. The summed E-state index contributed by atoms with van der Waals surface area (Å²) < 4.78 is 5.27. The normalized spacial score (nSPS) is 14.4. The van der Waals surface area contributed by atoms with E-state index >= 15 is 0 Å². The lowest BCUT2D eigenvalue weighted by atomic mass is 10.1. The third-order valence-corrected chi connectivity index (χ3v) is 4.18. The zero-order valence-corrected chi connectivity index (χ0v) is 14.8. The molecule has 3 rings (SSSR count). The van der Waals surface area contributed by atoms with Crippen LogP contribution in [0.2, 0.25) is 0 Å². The second-order valence-corrected chi connectivity index (χ2v) is 6.22. The zero-order chi connectivity index (χ0) is 18.4. The van der Waals surface area contributed by atoms with Crippen molar-refractivity contribution in [1.29, 1.82) is 0 Å². The number of aryl methyl sites for hydroxylation is 1. The van der Waals surface area contributed by atoms with Crippen LogP contribution >= 0.6 is 0 Å². The Morgan fingerprint density at radius 1 is 1.08 bits per heavy atom. The zero-order valence-electron chi connectivity index (χ0n) is 14.8. The number of benzene rings is 2. The molecule has 26 heavy (non-hydrogen) atoms. The van der Waals surface area contributed by atoms with Crippen LogP contribution in [0.5, 0.6) is 0 Å². The molecule has 0 bridgehead atoms. The maximum absolute atomic E-state index is 12.5. The maximum Gasteiger partial charge on any atom is 0.254 e. The summed E-state index contributed by atoms with van der Waals surface area (Å²) in [4.78, 5) is 26.4. The predicted molar refractivity (Wildman–Crippen MR) is 102 cm³/mol. The number of nitrogens with zero attached hydrogens (tertiary/aromatic N) is 1. The molecule has 1 saturated heterocycles. The summed E-state index contributed by atoms with van der Waals surface area (Å²) in [5.74, 6) is -0.277. The van der Waals surface area contributed by atoms with E-state index in [9.17, 15) is 9.59 Å². The quantitative estimate of drug-likeness (QED) is 0.862. The van der Waals surface area contributed by atoms with E-state index in [2.05, 4.69) is 5.32 Å². The number of carbonyl (C=O) groups is 2. The van der Waals surface area contributed by atoms with Gasteiger partial charge in [0.2, 0.25) is 5.91 Å². The van der Waals surface area contributed by atoms with Gasteiger partial charge in [-0.3, -0.25) is 9.59 Å². The highest BCUT2D eigenvalue weighted by molar-refractivity contribution is 6.03. The number of nitrogens with one attached hydrogen (secondary N) is 1. The van der Waals surface area contributed by atoms with Crippen LogP contribution in [0.3, 0.4) is 0 Å². The summed E-state index contributed by atoms with van der Waals surface area (Å²) >= 11 is 0. The average molecular weight is 350 g/mol. The Hall–Kier alpha value is -2.92. The third-order valence-electron chi connectivity index (χ3n) is 4.18. The third kappa shape index (κ3) is 4.80. The summed E-state index contributed by atoms with van der Waals surface area (Å²) in [5.41, 5.74) is 3.30. The van der Waals surface area contributed by atoms with E-state index in [0.717, 1.165) is 5.56 Å². The van der Waals surface area contributed by atoms with Gasteiger partial charge in [0.05, 0.1) is 13.2 Å². The van der Waals surface area contributed by atoms with Crippen molar-refractivity contribution in [3.8, 4) is 0 Å². The first-order valence-corrected chi connectivity index (χ1v) is 8.65. The monoisotopic (exact) mass is 350 g/mol. The number of ether oxygens (including phenoxy) is 1. The molecule has 0 aromatic heterocycles. The minimum absolute atomic E-state index is 0.0420. The lowest BCUT2D eigenvalue weighted by molar-refractivity contribution is -0.111. The van der Waals surface area contributed by atoms with Crippen molar-refractivity contribution in [2.45, 2.75) is 6.92 Å². The minimum Gasteiger partial charge on any atom is -0.378 e. The highest BCUT2D eigenvalue weighted by atomic mass is 16.5. The lowest BCUT2D eigenvalue weighted by Crippen LogP contribution is -2.40. The fraction of sp³-hybridized carbons (Fsp3) is 0.238. The van der Waals surface area contributed by atoms with Gasteiger partial charge in [0.1, 0.15) is 0 Å². The molecular weight excluding hydrogens is 328 g/mol. The van der Waals surface area contributed by atoms with Gasteiger partial charge in [-0.25, -0.2) is 0 Å². The molecule has 0 unspecified atom stereocenters. The van der Waals surface area contributed by atoms with Gasteiger partial charge in [-0.05, 0) is 36.8 Å². The van der Waals surface area contributed by atoms with Crippen molar-refractivity contribution in [1.82, 2.24) is 4.90 Å². The second-order valence-electron chi connectivity index (χ2n) is 6.22. The van der Waals surface area contributed by atoms with Gasteiger partial charge < -0.3 is 15.0 Å². The van der Waals surface area contributed by atoms with Crippen molar-refractivity contribution in [2.75, 3.05) is 31.6 Å². The van der Waals surface area contributed by atoms with Crippen LogP contribution in [0.1, 0.15) is 21.5 Å². The summed E-state index contributed by atoms with van der Waals surface area (Å²) in [7, 11) is 0. The second kappa shape index (κ2) is 8.45. The molecule has 5 heteroatoms. The molecule has 2 amide bonds. The molecule has 1 fully saturated rings. The van der Waals surface area contributed by atoms with Crippen LogP contribution in [0.4, 0.5) is 5.69 Å². The van der Waals surface area contributed by atoms with Crippen LogP contribution in [-0.2, 0) is 9.53 Å². The molecule has 1 N–H and O–H groups in total. The standard InChI is InChI=1S/C21H22N2O3/c1-16-5-7-17(8-6-16)9-10-20(24)22-19-4-2-3-18(15-19)21(25)23-11-13-26-14-12-23/h2-10,15H,11-14H2,1H3,(H,22,24)/b10-9+. The van der Waals surface area contributed by atoms with Crippen LogP contribution in [0, 0.1) is 6.92 Å². The summed E-state index contributed by atoms with van der Waals surface area (Å²) in [5, 5.41) is 2.80. The number of hydrogen-bond acceptors (Lipinski definition) is 3. The Morgan fingerprint density at radius 3 is 2.54 bits per heavy atom. The molecule has 1 heterocycles. The maximum atomic E-state index is 12.5. The van der Waals surface area contributed by atoms with E-state index in [1.807, 2.05) is 31.2 Å². The van der Waals surface area contributed by atoms with E-state index in [0.29, 0.717) is 37.6 Å². The summed E-state index contributed by atoms with van der Waals surface area (Å²) in [6.45, 7) is 4.33. The minimum atomic E-state index is -0.235. The van der Waals surface area contributed by atoms with E-state index in [-0.39, 0.29) is 11.8 Å². The van der Waals surface area contributed by atoms with Gasteiger partial charge in [0.25, 0.3) is 5.91 Å². The SMILES string of the molecule is Cc1ccc(/C=C/C(=O)Nc2cccc(C(=O)N3CCOCC3)c2)cc1. The molecule has 0 spiro atoms. The van der Waals surface area contributed by atoms with Crippen molar-refractivity contribution in [3.05, 3.63) is 71.3 Å². The average Bonchev–Trinajstić information content (AvgIpc) is 2.68. The Kier molecular flexibility index (Phi) is 5.81. The highest BCUT2D eigenvalue weighted by Crippen LogP contribution is 2.14. The Bertz CT molecular complexity index is 806. The molecule has 0 aliphatic carbocycles. The first-order chi connectivity index (χ1) is 12.6. The van der Waals surface area contributed by atoms with E-state index in [1.165, 1.54) is 11.6 Å². The highest BCUT2D eigenvalue weighted by Gasteiger charge is 2.18. The largest absolute Gasteiger partial charge is 0.378 e.